The van der Waals surface area contributed by atoms with Gasteiger partial charge in [0.15, 0.2) is 0 Å². The Morgan fingerprint density at radius 1 is 1.55 bits per heavy atom. The fraction of sp³-hybridized carbons (Fsp3) is 0.625. The summed E-state index contributed by atoms with van der Waals surface area (Å²) in [5.41, 5.74) is 0. The Kier molecular flexibility index (Phi) is 1.90. The quantitative estimate of drug-likeness (QED) is 0.643. The molecule has 0 saturated carbocycles. The van der Waals surface area contributed by atoms with Crippen molar-refractivity contribution in [2.45, 2.75) is 18.9 Å². The maximum absolute atomic E-state index is 4.03. The van der Waals surface area contributed by atoms with Crippen LogP contribution in [0.5, 0.6) is 0 Å². The van der Waals surface area contributed by atoms with Gasteiger partial charge in [-0.25, -0.2) is 4.98 Å². The largest absolute Gasteiger partial charge is 0.333 e. The lowest BCUT2D eigenvalue weighted by Crippen LogP contribution is -2.31. The van der Waals surface area contributed by atoms with E-state index in [9.17, 15) is 0 Å². The number of rotatable bonds is 1. The molecule has 1 aromatic heterocycles. The number of imidazole rings is 1. The molecule has 0 spiro atoms. The van der Waals surface area contributed by atoms with Gasteiger partial charge in [-0.15, -0.1) is 0 Å². The van der Waals surface area contributed by atoms with Crippen LogP contribution in [0.3, 0.4) is 0 Å². The van der Waals surface area contributed by atoms with E-state index >= 15 is 0 Å². The van der Waals surface area contributed by atoms with Gasteiger partial charge in [0.05, 0.1) is 6.33 Å². The van der Waals surface area contributed by atoms with Crippen LogP contribution in [-0.2, 0) is 0 Å². The molecule has 2 rings (SSSR count). The summed E-state index contributed by atoms with van der Waals surface area (Å²) in [5, 5.41) is 3.37. The third kappa shape index (κ3) is 1.43. The van der Waals surface area contributed by atoms with Gasteiger partial charge in [0.1, 0.15) is 0 Å². The van der Waals surface area contributed by atoms with Gasteiger partial charge in [0.2, 0.25) is 0 Å². The Bertz CT molecular complexity index is 199. The monoisotopic (exact) mass is 151 g/mol. The number of hydrogen-bond donors (Lipinski definition) is 1. The number of nitrogens with one attached hydrogen (secondary N) is 1. The molecule has 3 heteroatoms. The van der Waals surface area contributed by atoms with E-state index in [4.69, 9.17) is 0 Å². The van der Waals surface area contributed by atoms with E-state index in [-0.39, 0.29) is 0 Å². The maximum atomic E-state index is 4.03. The zero-order valence-corrected chi connectivity index (χ0v) is 6.53. The molecule has 0 aromatic carbocycles. The van der Waals surface area contributed by atoms with Crippen molar-refractivity contribution in [3.05, 3.63) is 18.7 Å². The molecule has 1 saturated heterocycles. The van der Waals surface area contributed by atoms with Crippen molar-refractivity contribution < 1.29 is 0 Å². The summed E-state index contributed by atoms with van der Waals surface area (Å²) < 4.78 is 2.19. The molecule has 1 fully saturated rings. The molecule has 1 N–H and O–H groups in total. The first-order valence-electron chi connectivity index (χ1n) is 4.15. The number of hydrogen-bond acceptors (Lipinski definition) is 2. The van der Waals surface area contributed by atoms with Crippen molar-refractivity contribution in [2.75, 3.05) is 13.1 Å². The Labute approximate surface area is 66.4 Å². The van der Waals surface area contributed by atoms with Gasteiger partial charge < -0.3 is 9.88 Å². The van der Waals surface area contributed by atoms with Crippen LogP contribution in [0, 0.1) is 0 Å². The first-order valence-corrected chi connectivity index (χ1v) is 4.15. The van der Waals surface area contributed by atoms with Crippen LogP contribution >= 0.6 is 0 Å². The molecule has 0 aliphatic carbocycles. The van der Waals surface area contributed by atoms with Gasteiger partial charge in [-0.3, -0.25) is 0 Å². The molecule has 0 bridgehead atoms. The van der Waals surface area contributed by atoms with Gasteiger partial charge in [0.25, 0.3) is 0 Å². The van der Waals surface area contributed by atoms with E-state index in [1.54, 1.807) is 0 Å². The summed E-state index contributed by atoms with van der Waals surface area (Å²) in [6.07, 6.45) is 8.34. The van der Waals surface area contributed by atoms with Crippen molar-refractivity contribution in [1.29, 1.82) is 0 Å². The van der Waals surface area contributed by atoms with Crippen LogP contribution in [-0.4, -0.2) is 22.6 Å². The van der Waals surface area contributed by atoms with Crippen LogP contribution in [0.2, 0.25) is 0 Å². The van der Waals surface area contributed by atoms with Gasteiger partial charge >= 0.3 is 0 Å². The highest BCUT2D eigenvalue weighted by atomic mass is 15.1. The lowest BCUT2D eigenvalue weighted by Gasteiger charge is -2.23. The molecule has 0 amide bonds. The van der Waals surface area contributed by atoms with Gasteiger partial charge in [-0.05, 0) is 19.4 Å². The number of nitrogens with zero attached hydrogens (tertiary/aromatic N) is 2. The molecule has 0 unspecified atom stereocenters. The van der Waals surface area contributed by atoms with Crippen molar-refractivity contribution in [3.63, 3.8) is 0 Å². The highest BCUT2D eigenvalue weighted by molar-refractivity contribution is 4.83. The van der Waals surface area contributed by atoms with Crippen molar-refractivity contribution >= 4 is 0 Å². The van der Waals surface area contributed by atoms with E-state index < -0.39 is 0 Å². The fourth-order valence-electron chi connectivity index (χ4n) is 1.57. The molecule has 60 valence electrons. The standard InChI is InChI=1S/C8H13N3/c1-2-8(6-9-3-1)11-5-4-10-7-11/h4-5,7-9H,1-3,6H2/t8-/m1/s1. The Balaban J connectivity index is 2.04. The van der Waals surface area contributed by atoms with Crippen LogP contribution in [0.25, 0.3) is 0 Å². The Morgan fingerprint density at radius 3 is 3.18 bits per heavy atom. The molecule has 0 radical (unpaired) electrons. The predicted octanol–water partition coefficient (Wildman–Crippen LogP) is 0.808. The second kappa shape index (κ2) is 3.05. The minimum absolute atomic E-state index is 0.631. The van der Waals surface area contributed by atoms with E-state index in [2.05, 4.69) is 14.9 Å². The van der Waals surface area contributed by atoms with E-state index in [1.165, 1.54) is 19.4 Å². The summed E-state index contributed by atoms with van der Waals surface area (Å²) in [4.78, 5) is 4.03. The van der Waals surface area contributed by atoms with E-state index in [0.717, 1.165) is 6.54 Å². The van der Waals surface area contributed by atoms with Crippen molar-refractivity contribution in [1.82, 2.24) is 14.9 Å². The molecule has 11 heavy (non-hydrogen) atoms. The van der Waals surface area contributed by atoms with Crippen LogP contribution in [0.4, 0.5) is 0 Å². The normalized spacial score (nSPS) is 25.3. The first kappa shape index (κ1) is 6.85. The smallest absolute Gasteiger partial charge is 0.0948 e. The minimum Gasteiger partial charge on any atom is -0.333 e. The zero-order valence-electron chi connectivity index (χ0n) is 6.53. The lowest BCUT2D eigenvalue weighted by atomic mass is 10.1. The van der Waals surface area contributed by atoms with Gasteiger partial charge in [-0.1, -0.05) is 0 Å². The molecule has 2 heterocycles. The topological polar surface area (TPSA) is 29.9 Å². The molecule has 3 nitrogen and oxygen atoms in total. The van der Waals surface area contributed by atoms with Crippen molar-refractivity contribution in [3.8, 4) is 0 Å². The molecular weight excluding hydrogens is 138 g/mol. The predicted molar refractivity (Wildman–Crippen MR) is 43.4 cm³/mol. The summed E-state index contributed by atoms with van der Waals surface area (Å²) in [6.45, 7) is 2.27. The second-order valence-electron chi connectivity index (χ2n) is 3.01. The van der Waals surface area contributed by atoms with Crippen LogP contribution in [0.15, 0.2) is 18.7 Å². The Hall–Kier alpha value is -0.830. The lowest BCUT2D eigenvalue weighted by molar-refractivity contribution is 0.371. The first-order chi connectivity index (χ1) is 5.47. The van der Waals surface area contributed by atoms with Gasteiger partial charge in [-0.2, -0.15) is 0 Å². The SMILES string of the molecule is c1cn([C@@H]2CCCNC2)cn1. The third-order valence-electron chi connectivity index (χ3n) is 2.22. The second-order valence-corrected chi connectivity index (χ2v) is 3.01. The summed E-state index contributed by atoms with van der Waals surface area (Å²) in [6, 6.07) is 0.631. The number of aromatic nitrogens is 2. The zero-order chi connectivity index (χ0) is 7.52. The van der Waals surface area contributed by atoms with Crippen LogP contribution < -0.4 is 5.32 Å². The highest BCUT2D eigenvalue weighted by Crippen LogP contribution is 2.14. The van der Waals surface area contributed by atoms with E-state index in [1.807, 2.05) is 18.7 Å². The molecule has 1 aliphatic heterocycles. The van der Waals surface area contributed by atoms with Gasteiger partial charge in [0, 0.05) is 25.0 Å². The average molecular weight is 151 g/mol. The molecule has 1 aliphatic rings. The number of piperidine rings is 1. The maximum Gasteiger partial charge on any atom is 0.0948 e. The summed E-state index contributed by atoms with van der Waals surface area (Å²) >= 11 is 0. The Morgan fingerprint density at radius 2 is 2.55 bits per heavy atom. The third-order valence-corrected chi connectivity index (χ3v) is 2.22. The minimum atomic E-state index is 0.631. The van der Waals surface area contributed by atoms with Crippen molar-refractivity contribution in [2.24, 2.45) is 0 Å². The molecule has 1 aromatic rings. The average Bonchev–Trinajstić information content (AvgIpc) is 2.58. The molecule has 1 atom stereocenters. The van der Waals surface area contributed by atoms with E-state index in [0.29, 0.717) is 6.04 Å². The summed E-state index contributed by atoms with van der Waals surface area (Å²) in [7, 11) is 0. The van der Waals surface area contributed by atoms with Crippen LogP contribution in [0.1, 0.15) is 18.9 Å². The fourth-order valence-corrected chi connectivity index (χ4v) is 1.57. The highest BCUT2D eigenvalue weighted by Gasteiger charge is 2.12. The summed E-state index contributed by atoms with van der Waals surface area (Å²) in [5.74, 6) is 0. The molecular formula is C8H13N3.